The molecular formula is C12H26NO5P. The maximum Gasteiger partial charge on any atom is 0.406 e. The molecule has 2 atom stereocenters. The number of hydrogen-bond donors (Lipinski definition) is 1. The molecule has 0 amide bonds. The Bertz CT molecular complexity index is 317. The van der Waals surface area contributed by atoms with Gasteiger partial charge in [0.05, 0.1) is 6.10 Å². The minimum Gasteiger partial charge on any atom is -0.461 e. The molecule has 7 heteroatoms. The molecule has 0 aromatic carbocycles. The number of hydrogen-bond acceptors (Lipinski definition) is 5. The second-order valence-corrected chi connectivity index (χ2v) is 6.39. The second-order valence-electron chi connectivity index (χ2n) is 4.56. The molecule has 0 saturated heterocycles. The maximum absolute atomic E-state index is 12.2. The van der Waals surface area contributed by atoms with Crippen molar-refractivity contribution in [1.29, 1.82) is 0 Å². The van der Waals surface area contributed by atoms with Crippen LogP contribution in [0.2, 0.25) is 0 Å². The molecule has 0 aromatic heterocycles. The van der Waals surface area contributed by atoms with E-state index in [0.717, 1.165) is 12.8 Å². The van der Waals surface area contributed by atoms with Crippen LogP contribution in [0.5, 0.6) is 0 Å². The van der Waals surface area contributed by atoms with Gasteiger partial charge in [0.15, 0.2) is 0 Å². The van der Waals surface area contributed by atoms with Gasteiger partial charge in [-0.25, -0.2) is 9.65 Å². The van der Waals surface area contributed by atoms with Crippen molar-refractivity contribution < 1.29 is 23.1 Å². The molecule has 0 radical (unpaired) electrons. The highest BCUT2D eigenvalue weighted by Crippen LogP contribution is 2.44. The smallest absolute Gasteiger partial charge is 0.406 e. The first kappa shape index (κ1) is 18.6. The quantitative estimate of drug-likeness (QED) is 0.521. The van der Waals surface area contributed by atoms with Crippen molar-refractivity contribution in [2.24, 2.45) is 0 Å². The summed E-state index contributed by atoms with van der Waals surface area (Å²) >= 11 is 0. The predicted octanol–water partition coefficient (Wildman–Crippen LogP) is 2.88. The third kappa shape index (κ3) is 7.06. The fourth-order valence-corrected chi connectivity index (χ4v) is 2.80. The van der Waals surface area contributed by atoms with Crippen LogP contribution in [-0.2, 0) is 23.1 Å². The summed E-state index contributed by atoms with van der Waals surface area (Å²) in [7, 11) is -2.20. The van der Waals surface area contributed by atoms with E-state index in [0.29, 0.717) is 0 Å². The van der Waals surface area contributed by atoms with Crippen LogP contribution in [0.3, 0.4) is 0 Å². The van der Waals surface area contributed by atoms with Gasteiger partial charge < -0.3 is 9.26 Å². The molecule has 0 fully saturated rings. The normalized spacial score (nSPS) is 16.4. The zero-order valence-electron chi connectivity index (χ0n) is 12.6. The number of ether oxygens (including phenoxy) is 1. The molecule has 2 unspecified atom stereocenters. The lowest BCUT2D eigenvalue weighted by Gasteiger charge is -2.23. The first-order valence-electron chi connectivity index (χ1n) is 6.60. The van der Waals surface area contributed by atoms with Crippen LogP contribution >= 0.6 is 7.75 Å². The van der Waals surface area contributed by atoms with Crippen LogP contribution in [0.25, 0.3) is 0 Å². The van der Waals surface area contributed by atoms with E-state index in [4.69, 9.17) is 13.8 Å². The topological polar surface area (TPSA) is 73.9 Å². The zero-order chi connectivity index (χ0) is 15.1. The van der Waals surface area contributed by atoms with Crippen molar-refractivity contribution in [3.63, 3.8) is 0 Å². The number of nitrogens with one attached hydrogen (secondary N) is 1. The number of rotatable bonds is 9. The molecule has 0 aliphatic carbocycles. The summed E-state index contributed by atoms with van der Waals surface area (Å²) < 4.78 is 27.5. The van der Waals surface area contributed by atoms with Gasteiger partial charge in [-0.2, -0.15) is 0 Å². The average Bonchev–Trinajstić information content (AvgIpc) is 2.34. The molecule has 19 heavy (non-hydrogen) atoms. The van der Waals surface area contributed by atoms with Crippen LogP contribution in [-0.4, -0.2) is 31.3 Å². The Labute approximate surface area is 115 Å². The van der Waals surface area contributed by atoms with Gasteiger partial charge in [0, 0.05) is 7.11 Å². The standard InChI is InChI=1S/C12H26NO5P/c1-7-11(8-2)17-12(14)10(5)13-19(15,16-6)18-9(3)4/h9-11H,7-8H2,1-6H3,(H,13,15). The molecule has 0 aliphatic heterocycles. The van der Waals surface area contributed by atoms with Crippen molar-refractivity contribution >= 4 is 13.7 Å². The number of esters is 1. The van der Waals surface area contributed by atoms with Gasteiger partial charge in [0.25, 0.3) is 0 Å². The number of carbonyl (C=O) groups excluding carboxylic acids is 1. The van der Waals surface area contributed by atoms with E-state index in [1.165, 1.54) is 7.11 Å². The van der Waals surface area contributed by atoms with E-state index in [-0.39, 0.29) is 12.2 Å². The summed E-state index contributed by atoms with van der Waals surface area (Å²) in [6.07, 6.45) is 1.10. The Kier molecular flexibility index (Phi) is 8.50. The summed E-state index contributed by atoms with van der Waals surface area (Å²) in [4.78, 5) is 11.8. The maximum atomic E-state index is 12.2. The van der Waals surface area contributed by atoms with Gasteiger partial charge in [-0.15, -0.1) is 0 Å². The molecule has 0 rings (SSSR count). The molecule has 0 aromatic rings. The molecule has 6 nitrogen and oxygen atoms in total. The third-order valence-corrected chi connectivity index (χ3v) is 4.37. The SMILES string of the molecule is CCC(CC)OC(=O)C(C)NP(=O)(OC)OC(C)C. The van der Waals surface area contributed by atoms with E-state index in [2.05, 4.69) is 5.09 Å². The minimum atomic E-state index is -3.48. The van der Waals surface area contributed by atoms with Crippen LogP contribution in [0.15, 0.2) is 0 Å². The lowest BCUT2D eigenvalue weighted by atomic mass is 10.2. The Morgan fingerprint density at radius 1 is 1.21 bits per heavy atom. The van der Waals surface area contributed by atoms with E-state index in [9.17, 15) is 9.36 Å². The molecule has 0 bridgehead atoms. The van der Waals surface area contributed by atoms with Gasteiger partial charge in [0.1, 0.15) is 12.1 Å². The van der Waals surface area contributed by atoms with Gasteiger partial charge in [-0.3, -0.25) is 9.32 Å². The Morgan fingerprint density at radius 2 is 1.74 bits per heavy atom. The summed E-state index contributed by atoms with van der Waals surface area (Å²) in [6, 6.07) is -0.759. The van der Waals surface area contributed by atoms with E-state index in [1.807, 2.05) is 13.8 Å². The van der Waals surface area contributed by atoms with Crippen molar-refractivity contribution in [1.82, 2.24) is 5.09 Å². The molecule has 0 heterocycles. The molecule has 0 saturated carbocycles. The highest BCUT2D eigenvalue weighted by Gasteiger charge is 2.30. The molecular weight excluding hydrogens is 269 g/mol. The molecule has 0 aliphatic rings. The minimum absolute atomic E-state index is 0.121. The van der Waals surface area contributed by atoms with Crippen LogP contribution in [0.4, 0.5) is 0 Å². The lowest BCUT2D eigenvalue weighted by molar-refractivity contribution is -0.151. The summed E-state index contributed by atoms with van der Waals surface area (Å²) in [5, 5.41) is 2.56. The fourth-order valence-electron chi connectivity index (χ4n) is 1.42. The molecule has 0 spiro atoms. The fraction of sp³-hybridized carbons (Fsp3) is 0.917. The predicted molar refractivity (Wildman–Crippen MR) is 73.9 cm³/mol. The molecule has 114 valence electrons. The number of carbonyl (C=O) groups is 1. The van der Waals surface area contributed by atoms with Crippen LogP contribution in [0.1, 0.15) is 47.5 Å². The van der Waals surface area contributed by atoms with Gasteiger partial charge in [0.2, 0.25) is 0 Å². The summed E-state index contributed by atoms with van der Waals surface area (Å²) in [6.45, 7) is 8.93. The van der Waals surface area contributed by atoms with Crippen LogP contribution in [0, 0.1) is 0 Å². The van der Waals surface area contributed by atoms with Crippen molar-refractivity contribution in [2.75, 3.05) is 7.11 Å². The van der Waals surface area contributed by atoms with Crippen LogP contribution < -0.4 is 5.09 Å². The first-order valence-corrected chi connectivity index (χ1v) is 8.14. The zero-order valence-corrected chi connectivity index (χ0v) is 13.5. The van der Waals surface area contributed by atoms with Gasteiger partial charge in [-0.1, -0.05) is 13.8 Å². The van der Waals surface area contributed by atoms with E-state index in [1.54, 1.807) is 20.8 Å². The van der Waals surface area contributed by atoms with Gasteiger partial charge >= 0.3 is 13.7 Å². The average molecular weight is 295 g/mol. The second kappa shape index (κ2) is 8.69. The lowest BCUT2D eigenvalue weighted by Crippen LogP contribution is -2.36. The molecule has 1 N–H and O–H groups in total. The Balaban J connectivity index is 4.52. The Morgan fingerprint density at radius 3 is 2.11 bits per heavy atom. The van der Waals surface area contributed by atoms with Gasteiger partial charge in [-0.05, 0) is 33.6 Å². The highest BCUT2D eigenvalue weighted by molar-refractivity contribution is 7.51. The first-order chi connectivity index (χ1) is 8.77. The summed E-state index contributed by atoms with van der Waals surface area (Å²) in [5.41, 5.74) is 0. The monoisotopic (exact) mass is 295 g/mol. The highest BCUT2D eigenvalue weighted by atomic mass is 31.2. The van der Waals surface area contributed by atoms with Crippen molar-refractivity contribution in [2.45, 2.75) is 65.7 Å². The largest absolute Gasteiger partial charge is 0.461 e. The van der Waals surface area contributed by atoms with E-state index >= 15 is 0 Å². The third-order valence-electron chi connectivity index (χ3n) is 2.49. The van der Waals surface area contributed by atoms with E-state index < -0.39 is 19.8 Å². The summed E-state index contributed by atoms with van der Waals surface area (Å²) in [5.74, 6) is -0.460. The Hall–Kier alpha value is -0.420. The van der Waals surface area contributed by atoms with Crippen molar-refractivity contribution in [3.8, 4) is 0 Å². The van der Waals surface area contributed by atoms with Crippen molar-refractivity contribution in [3.05, 3.63) is 0 Å².